The molecule has 0 N–H and O–H groups in total. The van der Waals surface area contributed by atoms with Crippen molar-refractivity contribution >= 4 is 15.7 Å². The standard InChI is InChI=1S/C14H19N3O4S/c1-10(2)13-7-11(16-21-13)9-17(22(4,18)19)12-5-6-14(20-3)15-8-12/h5-8,10H,9H2,1-4H3. The first-order valence-electron chi connectivity index (χ1n) is 6.74. The minimum absolute atomic E-state index is 0.0864. The first-order chi connectivity index (χ1) is 10.3. The number of methoxy groups -OCH3 is 1. The van der Waals surface area contributed by atoms with Gasteiger partial charge in [0.25, 0.3) is 0 Å². The Morgan fingerprint density at radius 2 is 2.09 bits per heavy atom. The van der Waals surface area contributed by atoms with Gasteiger partial charge in [-0.1, -0.05) is 19.0 Å². The van der Waals surface area contributed by atoms with Crippen molar-refractivity contribution in [3.63, 3.8) is 0 Å². The Hall–Kier alpha value is -2.09. The van der Waals surface area contributed by atoms with Crippen LogP contribution in [-0.2, 0) is 16.6 Å². The summed E-state index contributed by atoms with van der Waals surface area (Å²) < 4.78 is 35.5. The molecule has 120 valence electrons. The lowest BCUT2D eigenvalue weighted by Gasteiger charge is -2.20. The van der Waals surface area contributed by atoms with Crippen LogP contribution in [0.5, 0.6) is 5.88 Å². The Kier molecular flexibility index (Phi) is 4.70. The summed E-state index contributed by atoms with van der Waals surface area (Å²) in [6.45, 7) is 4.04. The van der Waals surface area contributed by atoms with Gasteiger partial charge in [-0.15, -0.1) is 0 Å². The third kappa shape index (κ3) is 3.76. The van der Waals surface area contributed by atoms with Gasteiger partial charge in [0.05, 0.1) is 31.8 Å². The highest BCUT2D eigenvalue weighted by atomic mass is 32.2. The zero-order chi connectivity index (χ0) is 16.3. The topological polar surface area (TPSA) is 85.5 Å². The van der Waals surface area contributed by atoms with Crippen LogP contribution < -0.4 is 9.04 Å². The fourth-order valence-electron chi connectivity index (χ4n) is 1.86. The molecule has 0 fully saturated rings. The Morgan fingerprint density at radius 3 is 2.55 bits per heavy atom. The third-order valence-corrected chi connectivity index (χ3v) is 4.21. The normalized spacial score (nSPS) is 11.7. The van der Waals surface area contributed by atoms with Crippen LogP contribution in [0.15, 0.2) is 28.9 Å². The first-order valence-corrected chi connectivity index (χ1v) is 8.59. The Labute approximate surface area is 129 Å². The van der Waals surface area contributed by atoms with Gasteiger partial charge in [-0.05, 0) is 6.07 Å². The van der Waals surface area contributed by atoms with E-state index in [1.165, 1.54) is 17.6 Å². The van der Waals surface area contributed by atoms with Crippen LogP contribution in [0.25, 0.3) is 0 Å². The molecule has 7 nitrogen and oxygen atoms in total. The van der Waals surface area contributed by atoms with E-state index in [9.17, 15) is 8.42 Å². The number of hydrogen-bond acceptors (Lipinski definition) is 6. The zero-order valence-corrected chi connectivity index (χ0v) is 13.8. The second-order valence-corrected chi connectivity index (χ2v) is 7.11. The molecule has 0 aliphatic rings. The van der Waals surface area contributed by atoms with Crippen molar-refractivity contribution < 1.29 is 17.7 Å². The van der Waals surface area contributed by atoms with E-state index in [1.54, 1.807) is 18.2 Å². The Morgan fingerprint density at radius 1 is 1.36 bits per heavy atom. The summed E-state index contributed by atoms with van der Waals surface area (Å²) in [5, 5.41) is 3.92. The summed E-state index contributed by atoms with van der Waals surface area (Å²) in [5.74, 6) is 1.33. The average molecular weight is 325 g/mol. The van der Waals surface area contributed by atoms with E-state index in [0.717, 1.165) is 12.0 Å². The molecule has 2 aromatic rings. The average Bonchev–Trinajstić information content (AvgIpc) is 2.93. The Balaban J connectivity index is 2.29. The molecule has 0 atom stereocenters. The molecule has 8 heteroatoms. The van der Waals surface area contributed by atoms with Gasteiger partial charge >= 0.3 is 0 Å². The molecule has 2 aromatic heterocycles. The molecule has 0 radical (unpaired) electrons. The number of rotatable bonds is 6. The maximum atomic E-state index is 12.0. The van der Waals surface area contributed by atoms with Crippen LogP contribution in [-0.4, -0.2) is 31.9 Å². The van der Waals surface area contributed by atoms with Gasteiger partial charge in [0, 0.05) is 18.1 Å². The number of hydrogen-bond donors (Lipinski definition) is 0. The molecule has 0 aliphatic carbocycles. The molecular weight excluding hydrogens is 306 g/mol. The molecule has 2 heterocycles. The fraction of sp³-hybridized carbons (Fsp3) is 0.429. The highest BCUT2D eigenvalue weighted by molar-refractivity contribution is 7.92. The predicted molar refractivity (Wildman–Crippen MR) is 82.4 cm³/mol. The van der Waals surface area contributed by atoms with E-state index < -0.39 is 10.0 Å². The van der Waals surface area contributed by atoms with E-state index in [4.69, 9.17) is 9.26 Å². The predicted octanol–water partition coefficient (Wildman–Crippen LogP) is 2.17. The highest BCUT2D eigenvalue weighted by Gasteiger charge is 2.20. The van der Waals surface area contributed by atoms with Crippen molar-refractivity contribution in [3.05, 3.63) is 35.9 Å². The summed E-state index contributed by atoms with van der Waals surface area (Å²) in [5.41, 5.74) is 0.988. The maximum absolute atomic E-state index is 12.0. The van der Waals surface area contributed by atoms with Crippen LogP contribution >= 0.6 is 0 Å². The molecule has 2 rings (SSSR count). The van der Waals surface area contributed by atoms with Gasteiger partial charge in [0.15, 0.2) is 0 Å². The fourth-order valence-corrected chi connectivity index (χ4v) is 2.72. The van der Waals surface area contributed by atoms with Gasteiger partial charge in [-0.2, -0.15) is 0 Å². The molecule has 0 amide bonds. The maximum Gasteiger partial charge on any atom is 0.232 e. The lowest BCUT2D eigenvalue weighted by Crippen LogP contribution is -2.29. The largest absolute Gasteiger partial charge is 0.481 e. The van der Waals surface area contributed by atoms with E-state index in [1.807, 2.05) is 13.8 Å². The van der Waals surface area contributed by atoms with E-state index in [0.29, 0.717) is 17.3 Å². The number of anilines is 1. The summed E-state index contributed by atoms with van der Waals surface area (Å²) in [6.07, 6.45) is 2.59. The number of ether oxygens (including phenoxy) is 1. The summed E-state index contributed by atoms with van der Waals surface area (Å²) in [6, 6.07) is 5.01. The molecule has 0 aliphatic heterocycles. The number of aromatic nitrogens is 2. The van der Waals surface area contributed by atoms with Crippen LogP contribution in [0.4, 0.5) is 5.69 Å². The van der Waals surface area contributed by atoms with Gasteiger partial charge in [0.1, 0.15) is 11.5 Å². The van der Waals surface area contributed by atoms with Gasteiger partial charge in [-0.3, -0.25) is 4.31 Å². The van der Waals surface area contributed by atoms with Crippen LogP contribution in [0.3, 0.4) is 0 Å². The zero-order valence-electron chi connectivity index (χ0n) is 13.0. The molecule has 0 saturated heterocycles. The second kappa shape index (κ2) is 6.35. The third-order valence-electron chi connectivity index (χ3n) is 3.07. The molecule has 0 bridgehead atoms. The summed E-state index contributed by atoms with van der Waals surface area (Å²) in [7, 11) is -1.98. The number of nitrogens with zero attached hydrogens (tertiary/aromatic N) is 3. The van der Waals surface area contributed by atoms with Gasteiger partial charge in [-0.25, -0.2) is 13.4 Å². The van der Waals surface area contributed by atoms with Crippen molar-refractivity contribution in [1.82, 2.24) is 10.1 Å². The van der Waals surface area contributed by atoms with Crippen molar-refractivity contribution in [2.45, 2.75) is 26.3 Å². The van der Waals surface area contributed by atoms with E-state index in [2.05, 4.69) is 10.1 Å². The van der Waals surface area contributed by atoms with Gasteiger partial charge < -0.3 is 9.26 Å². The summed E-state index contributed by atoms with van der Waals surface area (Å²) >= 11 is 0. The Bertz CT molecular complexity index is 723. The minimum Gasteiger partial charge on any atom is -0.481 e. The lowest BCUT2D eigenvalue weighted by atomic mass is 10.1. The number of pyridine rings is 1. The smallest absolute Gasteiger partial charge is 0.232 e. The van der Waals surface area contributed by atoms with Crippen LogP contribution in [0.2, 0.25) is 0 Å². The second-order valence-electron chi connectivity index (χ2n) is 5.20. The molecule has 0 aromatic carbocycles. The SMILES string of the molecule is COc1ccc(N(Cc2cc(C(C)C)on2)S(C)(=O)=O)cn1. The van der Waals surface area contributed by atoms with Crippen LogP contribution in [0.1, 0.15) is 31.2 Å². The van der Waals surface area contributed by atoms with Crippen molar-refractivity contribution in [3.8, 4) is 5.88 Å². The van der Waals surface area contributed by atoms with E-state index >= 15 is 0 Å². The number of sulfonamides is 1. The minimum atomic E-state index is -3.48. The highest BCUT2D eigenvalue weighted by Crippen LogP contribution is 2.22. The molecule has 0 saturated carbocycles. The molecular formula is C14H19N3O4S. The van der Waals surface area contributed by atoms with E-state index in [-0.39, 0.29) is 12.5 Å². The quantitative estimate of drug-likeness (QED) is 0.809. The van der Waals surface area contributed by atoms with Crippen molar-refractivity contribution in [1.29, 1.82) is 0 Å². The monoisotopic (exact) mass is 325 g/mol. The first kappa shape index (κ1) is 16.3. The van der Waals surface area contributed by atoms with Gasteiger partial charge in [0.2, 0.25) is 15.9 Å². The lowest BCUT2D eigenvalue weighted by molar-refractivity contribution is 0.366. The van der Waals surface area contributed by atoms with Crippen molar-refractivity contribution in [2.75, 3.05) is 17.7 Å². The molecule has 0 spiro atoms. The molecule has 22 heavy (non-hydrogen) atoms. The van der Waals surface area contributed by atoms with Crippen LogP contribution in [0, 0.1) is 0 Å². The van der Waals surface area contributed by atoms with Crippen molar-refractivity contribution in [2.24, 2.45) is 0 Å². The molecule has 0 unspecified atom stereocenters. The summed E-state index contributed by atoms with van der Waals surface area (Å²) in [4.78, 5) is 4.03.